The third-order valence-electron chi connectivity index (χ3n) is 3.70. The van der Waals surface area contributed by atoms with Crippen molar-refractivity contribution in [2.45, 2.75) is 6.54 Å². The Morgan fingerprint density at radius 1 is 1.22 bits per heavy atom. The van der Waals surface area contributed by atoms with Crippen molar-refractivity contribution in [3.8, 4) is 11.8 Å². The minimum atomic E-state index is -0.436. The normalized spacial score (nSPS) is 10.6. The minimum Gasteiger partial charge on any atom is -0.492 e. The molecule has 0 bridgehead atoms. The maximum atomic E-state index is 13.9. The number of nitriles is 1. The summed E-state index contributed by atoms with van der Waals surface area (Å²) in [5.74, 6) is 0.419. The van der Waals surface area contributed by atoms with Gasteiger partial charge in [0.25, 0.3) is 0 Å². The molecular weight excluding hydrogens is 465 g/mol. The lowest BCUT2D eigenvalue weighted by Crippen LogP contribution is -2.40. The third-order valence-corrected chi connectivity index (χ3v) is 3.70. The van der Waals surface area contributed by atoms with Crippen molar-refractivity contribution in [3.63, 3.8) is 0 Å². The van der Waals surface area contributed by atoms with E-state index in [0.717, 1.165) is 0 Å². The largest absolute Gasteiger partial charge is 0.492 e. The number of hydrogen-bond donors (Lipinski definition) is 1. The second-order valence-corrected chi connectivity index (χ2v) is 5.54. The van der Waals surface area contributed by atoms with Crippen LogP contribution in [0.5, 0.6) is 5.75 Å². The number of rotatable bonds is 6. The monoisotopic (exact) mass is 486 g/mol. The first-order valence-electron chi connectivity index (χ1n) is 8.02. The summed E-state index contributed by atoms with van der Waals surface area (Å²) in [7, 11) is 3.47. The van der Waals surface area contributed by atoms with Gasteiger partial charge in [-0.15, -0.1) is 24.0 Å². The van der Waals surface area contributed by atoms with Crippen LogP contribution in [0.1, 0.15) is 11.1 Å². The molecule has 144 valence electrons. The molecule has 0 unspecified atom stereocenters. The highest BCUT2D eigenvalue weighted by Gasteiger charge is 2.08. The van der Waals surface area contributed by atoms with E-state index in [-0.39, 0.29) is 41.9 Å². The molecule has 0 fully saturated rings. The second-order valence-electron chi connectivity index (χ2n) is 5.54. The number of guanidine groups is 1. The van der Waals surface area contributed by atoms with Crippen LogP contribution in [0, 0.1) is 23.0 Å². The summed E-state index contributed by atoms with van der Waals surface area (Å²) in [6.45, 7) is 1.16. The fourth-order valence-electron chi connectivity index (χ4n) is 2.26. The number of nitrogens with zero attached hydrogens (tertiary/aromatic N) is 3. The molecule has 2 aromatic carbocycles. The number of halogens is 3. The van der Waals surface area contributed by atoms with Gasteiger partial charge in [0.15, 0.2) is 5.96 Å². The topological polar surface area (TPSA) is 60.7 Å². The molecule has 0 aliphatic rings. The fourth-order valence-corrected chi connectivity index (χ4v) is 2.26. The van der Waals surface area contributed by atoms with Crippen LogP contribution in [0.2, 0.25) is 0 Å². The van der Waals surface area contributed by atoms with Gasteiger partial charge in [-0.2, -0.15) is 5.26 Å². The van der Waals surface area contributed by atoms with Crippen molar-refractivity contribution in [3.05, 3.63) is 65.2 Å². The molecule has 0 saturated heterocycles. The Kier molecular flexibility index (Phi) is 9.50. The number of hydrogen-bond acceptors (Lipinski definition) is 3. The van der Waals surface area contributed by atoms with E-state index < -0.39 is 5.82 Å². The first-order chi connectivity index (χ1) is 12.5. The Balaban J connectivity index is 0.00000364. The minimum absolute atomic E-state index is 0. The summed E-state index contributed by atoms with van der Waals surface area (Å²) in [6.07, 6.45) is 0. The predicted octanol–water partition coefficient (Wildman–Crippen LogP) is 3.54. The van der Waals surface area contributed by atoms with Crippen LogP contribution in [0.15, 0.2) is 47.5 Å². The highest BCUT2D eigenvalue weighted by atomic mass is 127. The van der Waals surface area contributed by atoms with Crippen molar-refractivity contribution in [1.29, 1.82) is 5.26 Å². The molecule has 0 aliphatic carbocycles. The molecule has 0 heterocycles. The molecule has 0 aromatic heterocycles. The van der Waals surface area contributed by atoms with Gasteiger partial charge in [-0.1, -0.05) is 6.07 Å². The number of nitrogens with one attached hydrogen (secondary N) is 1. The summed E-state index contributed by atoms with van der Waals surface area (Å²) >= 11 is 0. The van der Waals surface area contributed by atoms with Gasteiger partial charge in [0, 0.05) is 26.2 Å². The lowest BCUT2D eigenvalue weighted by atomic mass is 10.1. The van der Waals surface area contributed by atoms with Gasteiger partial charge >= 0.3 is 0 Å². The molecule has 27 heavy (non-hydrogen) atoms. The first kappa shape index (κ1) is 22.6. The van der Waals surface area contributed by atoms with E-state index in [1.807, 2.05) is 18.0 Å². The van der Waals surface area contributed by atoms with Crippen LogP contribution < -0.4 is 10.1 Å². The highest BCUT2D eigenvalue weighted by molar-refractivity contribution is 14.0. The quantitative estimate of drug-likeness (QED) is 0.386. The molecule has 8 heteroatoms. The molecule has 0 atom stereocenters. The molecule has 5 nitrogen and oxygen atoms in total. The molecule has 0 aliphatic heterocycles. The van der Waals surface area contributed by atoms with E-state index in [1.165, 1.54) is 18.2 Å². The summed E-state index contributed by atoms with van der Waals surface area (Å²) in [5.41, 5.74) is 0.729. The van der Waals surface area contributed by atoms with Gasteiger partial charge in [-0.25, -0.2) is 8.78 Å². The van der Waals surface area contributed by atoms with Crippen molar-refractivity contribution < 1.29 is 13.5 Å². The van der Waals surface area contributed by atoms with E-state index in [2.05, 4.69) is 10.3 Å². The second kappa shape index (κ2) is 11.3. The predicted molar refractivity (Wildman–Crippen MR) is 111 cm³/mol. The van der Waals surface area contributed by atoms with Crippen molar-refractivity contribution >= 4 is 29.9 Å². The number of likely N-dealkylation sites (N-methyl/N-ethyl adjacent to an activating group) is 1. The van der Waals surface area contributed by atoms with E-state index in [0.29, 0.717) is 30.4 Å². The molecule has 2 aromatic rings. The maximum Gasteiger partial charge on any atom is 0.193 e. The molecule has 2 rings (SSSR count). The van der Waals surface area contributed by atoms with Crippen LogP contribution >= 0.6 is 24.0 Å². The lowest BCUT2D eigenvalue weighted by Gasteiger charge is -2.22. The standard InChI is InChI=1S/C19H20F2N4O.HI/c1-23-19(24-13-15-4-3-14(12-22)11-18(15)21)25(2)9-10-26-17-7-5-16(20)6-8-17;/h3-8,11H,9-10,13H2,1-2H3,(H,23,24);1H. The zero-order valence-electron chi connectivity index (χ0n) is 15.1. The summed E-state index contributed by atoms with van der Waals surface area (Å²) < 4.78 is 32.3. The average molecular weight is 486 g/mol. The van der Waals surface area contributed by atoms with Gasteiger partial charge < -0.3 is 15.0 Å². The number of ether oxygens (including phenoxy) is 1. The van der Waals surface area contributed by atoms with Crippen molar-refractivity contribution in [1.82, 2.24) is 10.2 Å². The molecule has 0 amide bonds. The van der Waals surface area contributed by atoms with E-state index >= 15 is 0 Å². The SMILES string of the molecule is CN=C(NCc1ccc(C#N)cc1F)N(C)CCOc1ccc(F)cc1.I. The van der Waals surface area contributed by atoms with Crippen LogP contribution in [-0.4, -0.2) is 38.1 Å². The van der Waals surface area contributed by atoms with E-state index in [1.54, 1.807) is 31.3 Å². The average Bonchev–Trinajstić information content (AvgIpc) is 2.64. The van der Waals surface area contributed by atoms with Crippen LogP contribution in [-0.2, 0) is 6.54 Å². The van der Waals surface area contributed by atoms with E-state index in [9.17, 15) is 8.78 Å². The number of benzene rings is 2. The van der Waals surface area contributed by atoms with Crippen LogP contribution in [0.25, 0.3) is 0 Å². The molecule has 0 spiro atoms. The Morgan fingerprint density at radius 2 is 1.93 bits per heavy atom. The van der Waals surface area contributed by atoms with Crippen LogP contribution in [0.4, 0.5) is 8.78 Å². The van der Waals surface area contributed by atoms with Crippen molar-refractivity contribution in [2.24, 2.45) is 4.99 Å². The van der Waals surface area contributed by atoms with Gasteiger partial charge in [0.2, 0.25) is 0 Å². The molecular formula is C19H21F2IN4O. The highest BCUT2D eigenvalue weighted by Crippen LogP contribution is 2.11. The van der Waals surface area contributed by atoms with Gasteiger partial charge in [-0.05, 0) is 36.4 Å². The van der Waals surface area contributed by atoms with Gasteiger partial charge in [0.05, 0.1) is 18.2 Å². The first-order valence-corrected chi connectivity index (χ1v) is 8.02. The van der Waals surface area contributed by atoms with E-state index in [4.69, 9.17) is 10.00 Å². The van der Waals surface area contributed by atoms with Crippen LogP contribution in [0.3, 0.4) is 0 Å². The Hall–Kier alpha value is -2.41. The Morgan fingerprint density at radius 3 is 2.52 bits per heavy atom. The summed E-state index contributed by atoms with van der Waals surface area (Å²) in [4.78, 5) is 5.99. The smallest absolute Gasteiger partial charge is 0.193 e. The molecule has 1 N–H and O–H groups in total. The lowest BCUT2D eigenvalue weighted by molar-refractivity contribution is 0.281. The van der Waals surface area contributed by atoms with Gasteiger partial charge in [-0.3, -0.25) is 4.99 Å². The summed E-state index contributed by atoms with van der Waals surface area (Å²) in [6, 6.07) is 12.1. The Labute approximate surface area is 174 Å². The zero-order chi connectivity index (χ0) is 18.9. The third kappa shape index (κ3) is 7.02. The summed E-state index contributed by atoms with van der Waals surface area (Å²) in [5, 5.41) is 11.8. The Bertz CT molecular complexity index is 806. The number of aliphatic imine (C=N–C) groups is 1. The van der Waals surface area contributed by atoms with Gasteiger partial charge in [0.1, 0.15) is 24.0 Å². The van der Waals surface area contributed by atoms with Crippen molar-refractivity contribution in [2.75, 3.05) is 27.2 Å². The molecule has 0 radical (unpaired) electrons. The zero-order valence-corrected chi connectivity index (χ0v) is 17.4. The fraction of sp³-hybridized carbons (Fsp3) is 0.263. The maximum absolute atomic E-state index is 13.9. The molecule has 0 saturated carbocycles.